The predicted octanol–water partition coefficient (Wildman–Crippen LogP) is 1.75. The molecule has 0 radical (unpaired) electrons. The fraction of sp³-hybridized carbons (Fsp3) is 0.500. The van der Waals surface area contributed by atoms with E-state index in [1.807, 2.05) is 24.7 Å². The maximum atomic E-state index is 4.57. The molecule has 0 aliphatic carbocycles. The Morgan fingerprint density at radius 1 is 1.38 bits per heavy atom. The van der Waals surface area contributed by atoms with Crippen LogP contribution < -0.4 is 10.6 Å². The molecule has 0 bridgehead atoms. The van der Waals surface area contributed by atoms with Gasteiger partial charge in [0.1, 0.15) is 5.01 Å². The fourth-order valence-corrected chi connectivity index (χ4v) is 2.71. The number of hydrogen-bond donors (Lipinski definition) is 2. The van der Waals surface area contributed by atoms with Crippen LogP contribution in [-0.2, 0) is 20.1 Å². The van der Waals surface area contributed by atoms with Crippen molar-refractivity contribution in [3.63, 3.8) is 0 Å². The maximum absolute atomic E-state index is 4.57. The third-order valence-electron chi connectivity index (χ3n) is 3.15. The molecular weight excluding hydrogens is 284 g/mol. The number of rotatable bonds is 5. The van der Waals surface area contributed by atoms with Crippen molar-refractivity contribution in [1.29, 1.82) is 0 Å². The van der Waals surface area contributed by atoms with Gasteiger partial charge in [-0.15, -0.1) is 11.3 Å². The summed E-state index contributed by atoms with van der Waals surface area (Å²) in [6.45, 7) is 8.31. The van der Waals surface area contributed by atoms with Gasteiger partial charge in [0.05, 0.1) is 24.5 Å². The number of nitrogens with one attached hydrogen (secondary N) is 2. The highest BCUT2D eigenvalue weighted by Gasteiger charge is 2.05. The molecule has 2 N–H and O–H groups in total. The highest BCUT2D eigenvalue weighted by Crippen LogP contribution is 2.15. The van der Waals surface area contributed by atoms with Crippen LogP contribution in [0.15, 0.2) is 17.3 Å². The quantitative estimate of drug-likeness (QED) is 0.652. The van der Waals surface area contributed by atoms with Crippen LogP contribution in [0.3, 0.4) is 0 Å². The van der Waals surface area contributed by atoms with Crippen LogP contribution >= 0.6 is 11.3 Å². The van der Waals surface area contributed by atoms with Gasteiger partial charge < -0.3 is 10.6 Å². The Bertz CT molecular complexity index is 593. The number of thiazole rings is 1. The van der Waals surface area contributed by atoms with Gasteiger partial charge in [0.25, 0.3) is 0 Å². The molecule has 0 unspecified atom stereocenters. The van der Waals surface area contributed by atoms with E-state index >= 15 is 0 Å². The Kier molecular flexibility index (Phi) is 5.32. The molecule has 0 spiro atoms. The minimum atomic E-state index is 0.599. The number of hydrogen-bond acceptors (Lipinski definition) is 4. The van der Waals surface area contributed by atoms with Crippen LogP contribution in [0.2, 0.25) is 0 Å². The number of aryl methyl sites for hydroxylation is 3. The second-order valence-corrected chi connectivity index (χ2v) is 6.03. The molecule has 0 aliphatic heterocycles. The zero-order valence-electron chi connectivity index (χ0n) is 13.0. The van der Waals surface area contributed by atoms with Crippen molar-refractivity contribution in [3.05, 3.63) is 33.5 Å². The second-order valence-electron chi connectivity index (χ2n) is 4.74. The number of nitrogens with zero attached hydrogens (tertiary/aromatic N) is 4. The van der Waals surface area contributed by atoms with Gasteiger partial charge in [-0.1, -0.05) is 0 Å². The first-order valence-corrected chi connectivity index (χ1v) is 7.83. The maximum Gasteiger partial charge on any atom is 0.191 e. The largest absolute Gasteiger partial charge is 0.357 e. The Hall–Kier alpha value is -1.89. The van der Waals surface area contributed by atoms with E-state index in [9.17, 15) is 0 Å². The van der Waals surface area contributed by atoms with Gasteiger partial charge in [-0.25, -0.2) is 9.98 Å². The van der Waals surface area contributed by atoms with Gasteiger partial charge in [-0.2, -0.15) is 5.10 Å². The average molecular weight is 306 g/mol. The van der Waals surface area contributed by atoms with Gasteiger partial charge in [0.2, 0.25) is 0 Å². The molecule has 2 aromatic rings. The van der Waals surface area contributed by atoms with Gasteiger partial charge in [-0.3, -0.25) is 4.68 Å². The zero-order chi connectivity index (χ0) is 15.2. The highest BCUT2D eigenvalue weighted by molar-refractivity contribution is 7.11. The molecule has 0 saturated carbocycles. The molecule has 2 rings (SSSR count). The third kappa shape index (κ3) is 4.29. The summed E-state index contributed by atoms with van der Waals surface area (Å²) in [7, 11) is 1.92. The van der Waals surface area contributed by atoms with Crippen molar-refractivity contribution in [2.45, 2.75) is 33.9 Å². The molecule has 0 aromatic carbocycles. The van der Waals surface area contributed by atoms with E-state index in [4.69, 9.17) is 0 Å². The van der Waals surface area contributed by atoms with Crippen LogP contribution in [-0.4, -0.2) is 27.3 Å². The first kappa shape index (κ1) is 15.5. The minimum absolute atomic E-state index is 0.599. The third-order valence-corrected chi connectivity index (χ3v) is 4.22. The summed E-state index contributed by atoms with van der Waals surface area (Å²) < 4.78 is 1.83. The first-order chi connectivity index (χ1) is 10.1. The molecule has 0 saturated heterocycles. The van der Waals surface area contributed by atoms with Crippen LogP contribution in [0, 0.1) is 13.8 Å². The lowest BCUT2D eigenvalue weighted by atomic mass is 10.4. The number of guanidine groups is 1. The summed E-state index contributed by atoms with van der Waals surface area (Å²) in [4.78, 5) is 10.4. The summed E-state index contributed by atoms with van der Waals surface area (Å²) in [5.74, 6) is 0.796. The van der Waals surface area contributed by atoms with Crippen molar-refractivity contribution in [1.82, 2.24) is 25.4 Å². The molecule has 0 amide bonds. The first-order valence-electron chi connectivity index (χ1n) is 7.02. The van der Waals surface area contributed by atoms with Crippen LogP contribution in [0.25, 0.3) is 0 Å². The second kappa shape index (κ2) is 7.21. The Morgan fingerprint density at radius 2 is 2.19 bits per heavy atom. The highest BCUT2D eigenvalue weighted by atomic mass is 32.1. The molecule has 2 heterocycles. The summed E-state index contributed by atoms with van der Waals surface area (Å²) in [6, 6.07) is 1.97. The van der Waals surface area contributed by atoms with E-state index in [1.54, 1.807) is 17.5 Å². The minimum Gasteiger partial charge on any atom is -0.357 e. The Labute approximate surface area is 129 Å². The van der Waals surface area contributed by atoms with Crippen LogP contribution in [0.4, 0.5) is 0 Å². The summed E-state index contributed by atoms with van der Waals surface area (Å²) >= 11 is 1.72. The topological polar surface area (TPSA) is 67.1 Å². The SMILES string of the molecule is CCNC(=NCc1ccnn1C)NCc1nc(C)c(C)s1. The van der Waals surface area contributed by atoms with E-state index < -0.39 is 0 Å². The molecule has 114 valence electrons. The molecule has 21 heavy (non-hydrogen) atoms. The standard InChI is InChI=1S/C14H22N6S/c1-5-15-14(16-8-12-6-7-18-20(12)4)17-9-13-19-10(2)11(3)21-13/h6-7H,5,8-9H2,1-4H3,(H2,15,16,17). The van der Waals surface area contributed by atoms with E-state index in [-0.39, 0.29) is 0 Å². The summed E-state index contributed by atoms with van der Waals surface area (Å²) in [5, 5.41) is 11.8. The summed E-state index contributed by atoms with van der Waals surface area (Å²) in [5.41, 5.74) is 2.18. The Balaban J connectivity index is 1.96. The van der Waals surface area contributed by atoms with Crippen molar-refractivity contribution in [2.24, 2.45) is 12.0 Å². The molecule has 0 aliphatic rings. The Morgan fingerprint density at radius 3 is 2.76 bits per heavy atom. The normalized spacial score (nSPS) is 11.7. The van der Waals surface area contributed by atoms with Gasteiger partial charge in [0.15, 0.2) is 5.96 Å². The van der Waals surface area contributed by atoms with Crippen molar-refractivity contribution in [3.8, 4) is 0 Å². The van der Waals surface area contributed by atoms with Crippen molar-refractivity contribution >= 4 is 17.3 Å². The van der Waals surface area contributed by atoms with Crippen LogP contribution in [0.1, 0.15) is 28.2 Å². The summed E-state index contributed by atoms with van der Waals surface area (Å²) in [6.07, 6.45) is 1.78. The molecule has 0 fully saturated rings. The molecule has 0 atom stereocenters. The van der Waals surface area contributed by atoms with Gasteiger partial charge in [-0.05, 0) is 26.8 Å². The van der Waals surface area contributed by atoms with Crippen LogP contribution in [0.5, 0.6) is 0 Å². The lowest BCUT2D eigenvalue weighted by molar-refractivity contribution is 0.707. The lowest BCUT2D eigenvalue weighted by Crippen LogP contribution is -2.36. The number of aliphatic imine (C=N–C) groups is 1. The number of aromatic nitrogens is 3. The van der Waals surface area contributed by atoms with Crippen molar-refractivity contribution in [2.75, 3.05) is 6.54 Å². The molecule has 2 aromatic heterocycles. The van der Waals surface area contributed by atoms with Gasteiger partial charge >= 0.3 is 0 Å². The smallest absolute Gasteiger partial charge is 0.191 e. The van der Waals surface area contributed by atoms with Crippen molar-refractivity contribution < 1.29 is 0 Å². The van der Waals surface area contributed by atoms with E-state index in [1.165, 1.54) is 4.88 Å². The van der Waals surface area contributed by atoms with E-state index in [2.05, 4.69) is 39.6 Å². The van der Waals surface area contributed by atoms with E-state index in [0.29, 0.717) is 13.1 Å². The fourth-order valence-electron chi connectivity index (χ4n) is 1.83. The molecular formula is C14H22N6S. The monoisotopic (exact) mass is 306 g/mol. The van der Waals surface area contributed by atoms with E-state index in [0.717, 1.165) is 28.9 Å². The zero-order valence-corrected chi connectivity index (χ0v) is 13.8. The molecule has 6 nitrogen and oxygen atoms in total. The molecule has 7 heteroatoms. The lowest BCUT2D eigenvalue weighted by Gasteiger charge is -2.10. The van der Waals surface area contributed by atoms with Gasteiger partial charge in [0, 0.05) is 24.7 Å². The predicted molar refractivity (Wildman–Crippen MR) is 86.5 cm³/mol. The average Bonchev–Trinajstić information content (AvgIpc) is 3.00.